The summed E-state index contributed by atoms with van der Waals surface area (Å²) in [6.07, 6.45) is 7.17. The maximum atomic E-state index is 4.72. The lowest BCUT2D eigenvalue weighted by molar-refractivity contribution is 0.853. The van der Waals surface area contributed by atoms with Gasteiger partial charge in [-0.15, -0.1) is 11.3 Å². The summed E-state index contributed by atoms with van der Waals surface area (Å²) in [6, 6.07) is 14.2. The molecule has 1 N–H and O–H groups in total. The van der Waals surface area contributed by atoms with E-state index < -0.39 is 0 Å². The van der Waals surface area contributed by atoms with Crippen LogP contribution >= 0.6 is 11.3 Å². The molecule has 0 bridgehead atoms. The molecule has 4 rings (SSSR count). The minimum absolute atomic E-state index is 0.791. The Hall–Kier alpha value is -3.25. The second kappa shape index (κ2) is 7.55. The third-order valence-corrected chi connectivity index (χ3v) is 5.11. The molecule has 27 heavy (non-hydrogen) atoms. The van der Waals surface area contributed by atoms with E-state index in [0.717, 1.165) is 27.4 Å². The van der Waals surface area contributed by atoms with Crippen molar-refractivity contribution in [3.63, 3.8) is 0 Å². The first-order valence-electron chi connectivity index (χ1n) is 8.61. The first-order chi connectivity index (χ1) is 13.2. The van der Waals surface area contributed by atoms with Gasteiger partial charge >= 0.3 is 0 Å². The Labute approximate surface area is 161 Å². The third-order valence-electron chi connectivity index (χ3n) is 4.29. The summed E-state index contributed by atoms with van der Waals surface area (Å²) < 4.78 is 1.88. The van der Waals surface area contributed by atoms with Crippen LogP contribution in [0, 0.1) is 13.8 Å². The van der Waals surface area contributed by atoms with Gasteiger partial charge in [0.25, 0.3) is 0 Å². The number of nitrogens with zero attached hydrogens (tertiary/aromatic N) is 4. The Balaban J connectivity index is 1.86. The van der Waals surface area contributed by atoms with Gasteiger partial charge in [0.05, 0.1) is 29.5 Å². The highest BCUT2D eigenvalue weighted by molar-refractivity contribution is 7.07. The van der Waals surface area contributed by atoms with Crippen LogP contribution in [-0.4, -0.2) is 20.9 Å². The van der Waals surface area contributed by atoms with E-state index in [1.54, 1.807) is 29.9 Å². The number of H-pyrrole nitrogens is 1. The predicted octanol–water partition coefficient (Wildman–Crippen LogP) is 4.67. The molecule has 4 aromatic rings. The summed E-state index contributed by atoms with van der Waals surface area (Å²) in [6.45, 7) is 4.24. The lowest BCUT2D eigenvalue weighted by Crippen LogP contribution is -2.11. The topological polar surface area (TPSA) is 58.3 Å². The minimum Gasteiger partial charge on any atom is -0.360 e. The number of pyridine rings is 1. The molecule has 0 saturated carbocycles. The molecule has 134 valence electrons. The molecule has 0 radical (unpaired) electrons. The van der Waals surface area contributed by atoms with Gasteiger partial charge in [-0.1, -0.05) is 12.1 Å². The summed E-state index contributed by atoms with van der Waals surface area (Å²) >= 11 is 1.56. The number of thiazole rings is 1. The van der Waals surface area contributed by atoms with Gasteiger partial charge in [-0.2, -0.15) is 5.10 Å². The fourth-order valence-electron chi connectivity index (χ4n) is 2.66. The van der Waals surface area contributed by atoms with Crippen LogP contribution in [0.3, 0.4) is 0 Å². The van der Waals surface area contributed by atoms with Gasteiger partial charge in [0, 0.05) is 23.3 Å². The lowest BCUT2D eigenvalue weighted by atomic mass is 10.1. The van der Waals surface area contributed by atoms with Gasteiger partial charge in [0.1, 0.15) is 0 Å². The van der Waals surface area contributed by atoms with E-state index >= 15 is 0 Å². The zero-order chi connectivity index (χ0) is 18.6. The molecule has 0 amide bonds. The highest BCUT2D eigenvalue weighted by atomic mass is 32.1. The molecular formula is C21H19N5S. The molecule has 0 aliphatic rings. The van der Waals surface area contributed by atoms with Gasteiger partial charge in [-0.3, -0.25) is 4.98 Å². The van der Waals surface area contributed by atoms with Crippen LogP contribution in [0.1, 0.15) is 16.8 Å². The summed E-state index contributed by atoms with van der Waals surface area (Å²) in [5.74, 6) is 0. The van der Waals surface area contributed by atoms with E-state index in [1.807, 2.05) is 35.1 Å². The van der Waals surface area contributed by atoms with Crippen LogP contribution in [0.15, 0.2) is 76.5 Å². The number of hydrogen-bond donors (Lipinski definition) is 1. The number of benzene rings is 1. The van der Waals surface area contributed by atoms with E-state index in [4.69, 9.17) is 4.99 Å². The summed E-state index contributed by atoms with van der Waals surface area (Å²) in [4.78, 5) is 12.8. The monoisotopic (exact) mass is 373 g/mol. The van der Waals surface area contributed by atoms with Gasteiger partial charge in [-0.05, 0) is 55.3 Å². The van der Waals surface area contributed by atoms with E-state index in [9.17, 15) is 0 Å². The third kappa shape index (κ3) is 3.80. The number of aromatic nitrogens is 3. The highest BCUT2D eigenvalue weighted by Crippen LogP contribution is 2.23. The second-order valence-corrected chi connectivity index (χ2v) is 7.04. The van der Waals surface area contributed by atoms with Gasteiger partial charge in [0.15, 0.2) is 0 Å². The first-order valence-corrected chi connectivity index (χ1v) is 9.49. The van der Waals surface area contributed by atoms with Crippen molar-refractivity contribution in [2.75, 3.05) is 0 Å². The molecule has 3 heterocycles. The minimum atomic E-state index is 0.791. The lowest BCUT2D eigenvalue weighted by Gasteiger charge is -2.06. The molecular weight excluding hydrogens is 354 g/mol. The van der Waals surface area contributed by atoms with E-state index in [0.29, 0.717) is 0 Å². The summed E-state index contributed by atoms with van der Waals surface area (Å²) in [5, 5.41) is 6.78. The zero-order valence-corrected chi connectivity index (χ0v) is 15.9. The van der Waals surface area contributed by atoms with Crippen LogP contribution in [0.4, 0.5) is 5.69 Å². The molecule has 0 spiro atoms. The van der Waals surface area contributed by atoms with Crippen LogP contribution in [0.5, 0.6) is 0 Å². The Kier molecular flexibility index (Phi) is 4.80. The average molecular weight is 373 g/mol. The summed E-state index contributed by atoms with van der Waals surface area (Å²) in [7, 11) is 0. The standard InChI is InChI=1S/C21H19N5S/c1-15-7-8-17(11-16(15)2)20-14-27-21(25-19-6-3-9-22-12-19)26(20)24-13-18-5-4-10-23-18/h3-14,23H,1-2H3. The van der Waals surface area contributed by atoms with Gasteiger partial charge in [-0.25, -0.2) is 9.67 Å². The molecule has 0 fully saturated rings. The fraction of sp³-hybridized carbons (Fsp3) is 0.0952. The maximum Gasteiger partial charge on any atom is 0.211 e. The Morgan fingerprint density at radius 1 is 1.11 bits per heavy atom. The highest BCUT2D eigenvalue weighted by Gasteiger charge is 2.09. The van der Waals surface area contributed by atoms with Crippen LogP contribution in [0.2, 0.25) is 0 Å². The van der Waals surface area contributed by atoms with Crippen LogP contribution < -0.4 is 4.80 Å². The number of rotatable bonds is 4. The van der Waals surface area contributed by atoms with E-state index in [2.05, 4.69) is 52.5 Å². The first kappa shape index (κ1) is 17.2. The molecule has 0 aliphatic heterocycles. The summed E-state index contributed by atoms with van der Waals surface area (Å²) in [5.41, 5.74) is 6.39. The van der Waals surface area contributed by atoms with Crippen molar-refractivity contribution in [2.45, 2.75) is 13.8 Å². The van der Waals surface area contributed by atoms with Gasteiger partial charge < -0.3 is 4.98 Å². The molecule has 3 aromatic heterocycles. The van der Waals surface area contributed by atoms with Crippen LogP contribution in [-0.2, 0) is 0 Å². The normalized spacial score (nSPS) is 12.1. The number of nitrogens with one attached hydrogen (secondary N) is 1. The SMILES string of the molecule is Cc1ccc(-c2csc(=Nc3cccnc3)n2N=Cc2ccc[nH]2)cc1C. The molecule has 0 aliphatic carbocycles. The molecule has 0 saturated heterocycles. The largest absolute Gasteiger partial charge is 0.360 e. The number of aromatic amines is 1. The average Bonchev–Trinajstić information content (AvgIpc) is 3.33. The van der Waals surface area contributed by atoms with Crippen molar-refractivity contribution in [1.82, 2.24) is 14.6 Å². The molecule has 5 nitrogen and oxygen atoms in total. The van der Waals surface area contributed by atoms with E-state index in [1.165, 1.54) is 11.1 Å². The molecule has 0 unspecified atom stereocenters. The number of aryl methyl sites for hydroxylation is 2. The van der Waals surface area contributed by atoms with Crippen molar-refractivity contribution in [1.29, 1.82) is 0 Å². The van der Waals surface area contributed by atoms with Crippen molar-refractivity contribution in [2.24, 2.45) is 10.1 Å². The molecule has 0 atom stereocenters. The molecule has 6 heteroatoms. The van der Waals surface area contributed by atoms with Crippen molar-refractivity contribution in [3.05, 3.63) is 88.1 Å². The van der Waals surface area contributed by atoms with Crippen molar-refractivity contribution < 1.29 is 0 Å². The Bertz CT molecular complexity index is 1140. The Morgan fingerprint density at radius 3 is 2.78 bits per heavy atom. The van der Waals surface area contributed by atoms with Gasteiger partial charge in [0.2, 0.25) is 4.80 Å². The van der Waals surface area contributed by atoms with Crippen molar-refractivity contribution in [3.8, 4) is 11.3 Å². The fourth-order valence-corrected chi connectivity index (χ4v) is 3.52. The number of hydrogen-bond acceptors (Lipinski definition) is 4. The van der Waals surface area contributed by atoms with Crippen LogP contribution in [0.25, 0.3) is 11.3 Å². The Morgan fingerprint density at radius 2 is 2.04 bits per heavy atom. The smallest absolute Gasteiger partial charge is 0.211 e. The quantitative estimate of drug-likeness (QED) is 0.519. The van der Waals surface area contributed by atoms with E-state index in [-0.39, 0.29) is 0 Å². The second-order valence-electron chi connectivity index (χ2n) is 6.21. The van der Waals surface area contributed by atoms with Crippen molar-refractivity contribution >= 4 is 23.2 Å². The maximum absolute atomic E-state index is 4.72. The molecule has 1 aromatic carbocycles. The predicted molar refractivity (Wildman–Crippen MR) is 110 cm³/mol. The zero-order valence-electron chi connectivity index (χ0n) is 15.1.